The van der Waals surface area contributed by atoms with Gasteiger partial charge < -0.3 is 9.84 Å². The monoisotopic (exact) mass is 144 g/mol. The minimum Gasteiger partial charge on any atom is -0.435 e. The summed E-state index contributed by atoms with van der Waals surface area (Å²) in [5.74, 6) is -0.288. The van der Waals surface area contributed by atoms with E-state index in [-0.39, 0.29) is 12.6 Å². The van der Waals surface area contributed by atoms with Gasteiger partial charge in [0.25, 0.3) is 0 Å². The molecule has 3 heteroatoms. The lowest BCUT2D eigenvalue weighted by atomic mass is 10.2. The SMILES string of the molecule is C=COC(=O)CCCCO. The highest BCUT2D eigenvalue weighted by Crippen LogP contribution is 1.96. The smallest absolute Gasteiger partial charge is 0.310 e. The molecule has 3 nitrogen and oxygen atoms in total. The van der Waals surface area contributed by atoms with Crippen LogP contribution in [0.1, 0.15) is 19.3 Å². The first-order valence-corrected chi connectivity index (χ1v) is 3.22. The molecule has 0 saturated heterocycles. The van der Waals surface area contributed by atoms with Gasteiger partial charge in [-0.05, 0) is 12.8 Å². The Morgan fingerprint density at radius 1 is 1.60 bits per heavy atom. The molecule has 0 atom stereocenters. The number of aliphatic hydroxyl groups excluding tert-OH is 1. The van der Waals surface area contributed by atoms with Gasteiger partial charge in [0.1, 0.15) is 0 Å². The number of hydrogen-bond donors (Lipinski definition) is 1. The second-order valence-corrected chi connectivity index (χ2v) is 1.84. The van der Waals surface area contributed by atoms with E-state index < -0.39 is 0 Å². The van der Waals surface area contributed by atoms with Crippen LogP contribution in [0.15, 0.2) is 12.8 Å². The second kappa shape index (κ2) is 6.29. The van der Waals surface area contributed by atoms with Crippen molar-refractivity contribution in [3.05, 3.63) is 12.8 Å². The first kappa shape index (κ1) is 9.17. The average molecular weight is 144 g/mol. The first-order chi connectivity index (χ1) is 4.81. The van der Waals surface area contributed by atoms with Crippen molar-refractivity contribution < 1.29 is 14.6 Å². The lowest BCUT2D eigenvalue weighted by Crippen LogP contribution is -1.99. The van der Waals surface area contributed by atoms with E-state index in [9.17, 15) is 4.79 Å². The summed E-state index contributed by atoms with van der Waals surface area (Å²) >= 11 is 0. The maximum absolute atomic E-state index is 10.5. The number of carbonyl (C=O) groups is 1. The minimum atomic E-state index is -0.288. The fourth-order valence-electron chi connectivity index (χ4n) is 0.533. The third-order valence-corrected chi connectivity index (χ3v) is 1.00. The highest BCUT2D eigenvalue weighted by Gasteiger charge is 1.98. The van der Waals surface area contributed by atoms with Crippen LogP contribution in [0.2, 0.25) is 0 Å². The molecule has 0 unspecified atom stereocenters. The zero-order valence-electron chi connectivity index (χ0n) is 5.88. The summed E-state index contributed by atoms with van der Waals surface area (Å²) in [6, 6.07) is 0. The van der Waals surface area contributed by atoms with Crippen LogP contribution in [-0.2, 0) is 9.53 Å². The van der Waals surface area contributed by atoms with Crippen molar-refractivity contribution in [3.63, 3.8) is 0 Å². The maximum Gasteiger partial charge on any atom is 0.310 e. The molecule has 0 radical (unpaired) electrons. The van der Waals surface area contributed by atoms with Crippen LogP contribution < -0.4 is 0 Å². The second-order valence-electron chi connectivity index (χ2n) is 1.84. The molecule has 0 fully saturated rings. The standard InChI is InChI=1S/C7H12O3/c1-2-10-7(9)5-3-4-6-8/h2,8H,1,3-6H2. The molecular formula is C7H12O3. The number of hydrogen-bond acceptors (Lipinski definition) is 3. The van der Waals surface area contributed by atoms with Gasteiger partial charge in [0.2, 0.25) is 0 Å². The molecule has 0 saturated carbocycles. The van der Waals surface area contributed by atoms with Gasteiger partial charge in [-0.2, -0.15) is 0 Å². The van der Waals surface area contributed by atoms with Crippen LogP contribution in [-0.4, -0.2) is 17.7 Å². The number of aliphatic hydroxyl groups is 1. The topological polar surface area (TPSA) is 46.5 Å². The molecule has 0 aromatic rings. The summed E-state index contributed by atoms with van der Waals surface area (Å²) < 4.78 is 4.43. The Morgan fingerprint density at radius 3 is 2.80 bits per heavy atom. The average Bonchev–Trinajstić information content (AvgIpc) is 1.89. The summed E-state index contributed by atoms with van der Waals surface area (Å²) in [5, 5.41) is 8.34. The summed E-state index contributed by atoms with van der Waals surface area (Å²) in [7, 11) is 0. The zero-order valence-corrected chi connectivity index (χ0v) is 5.88. The molecule has 0 aliphatic heterocycles. The van der Waals surface area contributed by atoms with Gasteiger partial charge in [0.15, 0.2) is 0 Å². The van der Waals surface area contributed by atoms with E-state index in [1.165, 1.54) is 0 Å². The summed E-state index contributed by atoms with van der Waals surface area (Å²) in [6.45, 7) is 3.36. The van der Waals surface area contributed by atoms with Crippen molar-refractivity contribution in [1.29, 1.82) is 0 Å². The van der Waals surface area contributed by atoms with Crippen molar-refractivity contribution in [2.45, 2.75) is 19.3 Å². The minimum absolute atomic E-state index is 0.126. The molecule has 0 aromatic carbocycles. The van der Waals surface area contributed by atoms with Gasteiger partial charge in [-0.25, -0.2) is 0 Å². The quantitative estimate of drug-likeness (QED) is 0.353. The number of unbranched alkanes of at least 4 members (excludes halogenated alkanes) is 1. The maximum atomic E-state index is 10.5. The van der Waals surface area contributed by atoms with Crippen molar-refractivity contribution in [2.75, 3.05) is 6.61 Å². The van der Waals surface area contributed by atoms with Crippen LogP contribution >= 0.6 is 0 Å². The normalized spacial score (nSPS) is 8.90. The van der Waals surface area contributed by atoms with E-state index in [0.29, 0.717) is 19.3 Å². The molecule has 0 aliphatic carbocycles. The summed E-state index contributed by atoms with van der Waals surface area (Å²) in [4.78, 5) is 10.5. The van der Waals surface area contributed by atoms with Gasteiger partial charge in [-0.15, -0.1) is 0 Å². The van der Waals surface area contributed by atoms with E-state index in [0.717, 1.165) is 6.26 Å². The van der Waals surface area contributed by atoms with Crippen molar-refractivity contribution in [1.82, 2.24) is 0 Å². The van der Waals surface area contributed by atoms with Gasteiger partial charge in [0, 0.05) is 13.0 Å². The fraction of sp³-hybridized carbons (Fsp3) is 0.571. The molecule has 0 heterocycles. The Balaban J connectivity index is 3.13. The molecule has 0 aliphatic rings. The Kier molecular flexibility index (Phi) is 5.77. The number of rotatable bonds is 5. The Bertz CT molecular complexity index is 109. The molecule has 0 amide bonds. The van der Waals surface area contributed by atoms with E-state index >= 15 is 0 Å². The molecule has 1 N–H and O–H groups in total. The Hall–Kier alpha value is -0.830. The molecule has 10 heavy (non-hydrogen) atoms. The van der Waals surface area contributed by atoms with Crippen LogP contribution in [0.25, 0.3) is 0 Å². The summed E-state index contributed by atoms with van der Waals surface area (Å²) in [6.07, 6.45) is 2.78. The molecule has 0 bridgehead atoms. The van der Waals surface area contributed by atoms with Crippen LogP contribution in [0.5, 0.6) is 0 Å². The van der Waals surface area contributed by atoms with E-state index in [4.69, 9.17) is 5.11 Å². The highest BCUT2D eigenvalue weighted by molar-refractivity contribution is 5.69. The molecule has 0 rings (SSSR count). The van der Waals surface area contributed by atoms with E-state index in [1.54, 1.807) is 0 Å². The Morgan fingerprint density at radius 2 is 2.30 bits per heavy atom. The lowest BCUT2D eigenvalue weighted by Gasteiger charge is -1.96. The van der Waals surface area contributed by atoms with Gasteiger partial charge in [-0.1, -0.05) is 6.58 Å². The van der Waals surface area contributed by atoms with Crippen LogP contribution in [0.4, 0.5) is 0 Å². The predicted molar refractivity (Wildman–Crippen MR) is 37.2 cm³/mol. The molecule has 0 aromatic heterocycles. The van der Waals surface area contributed by atoms with Crippen LogP contribution in [0.3, 0.4) is 0 Å². The molecule has 0 spiro atoms. The van der Waals surface area contributed by atoms with Crippen molar-refractivity contribution in [3.8, 4) is 0 Å². The third kappa shape index (κ3) is 5.31. The van der Waals surface area contributed by atoms with Crippen molar-refractivity contribution in [2.24, 2.45) is 0 Å². The number of carbonyl (C=O) groups excluding carboxylic acids is 1. The molecule has 58 valence electrons. The first-order valence-electron chi connectivity index (χ1n) is 3.22. The zero-order chi connectivity index (χ0) is 7.82. The van der Waals surface area contributed by atoms with Gasteiger partial charge in [-0.3, -0.25) is 4.79 Å². The third-order valence-electron chi connectivity index (χ3n) is 1.00. The predicted octanol–water partition coefficient (Wildman–Crippen LogP) is 0.836. The number of esters is 1. The number of ether oxygens (including phenoxy) is 1. The molecular weight excluding hydrogens is 132 g/mol. The van der Waals surface area contributed by atoms with Gasteiger partial charge in [0.05, 0.1) is 6.26 Å². The van der Waals surface area contributed by atoms with Gasteiger partial charge >= 0.3 is 5.97 Å². The summed E-state index contributed by atoms with van der Waals surface area (Å²) in [5.41, 5.74) is 0. The fourth-order valence-corrected chi connectivity index (χ4v) is 0.533. The Labute approximate surface area is 60.3 Å². The highest BCUT2D eigenvalue weighted by atomic mass is 16.5. The lowest BCUT2D eigenvalue weighted by molar-refractivity contribution is -0.138. The van der Waals surface area contributed by atoms with E-state index in [1.807, 2.05) is 0 Å². The van der Waals surface area contributed by atoms with Crippen molar-refractivity contribution >= 4 is 5.97 Å². The van der Waals surface area contributed by atoms with Crippen LogP contribution in [0, 0.1) is 0 Å². The largest absolute Gasteiger partial charge is 0.435 e. The van der Waals surface area contributed by atoms with E-state index in [2.05, 4.69) is 11.3 Å².